The van der Waals surface area contributed by atoms with Crippen LogP contribution in [0.2, 0.25) is 5.28 Å². The van der Waals surface area contributed by atoms with Crippen LogP contribution >= 0.6 is 11.6 Å². The van der Waals surface area contributed by atoms with Crippen molar-refractivity contribution in [3.05, 3.63) is 5.28 Å². The molecule has 0 radical (unpaired) electrons. The van der Waals surface area contributed by atoms with E-state index in [2.05, 4.69) is 34.1 Å². The van der Waals surface area contributed by atoms with Gasteiger partial charge in [0.25, 0.3) is 0 Å². The van der Waals surface area contributed by atoms with Gasteiger partial charge in [0.2, 0.25) is 17.2 Å². The fraction of sp³-hybridized carbons (Fsp3) is 0.700. The van der Waals surface area contributed by atoms with Gasteiger partial charge < -0.3 is 16.2 Å². The van der Waals surface area contributed by atoms with Crippen molar-refractivity contribution in [2.75, 3.05) is 17.6 Å². The first-order valence-electron chi connectivity index (χ1n) is 5.65. The summed E-state index contributed by atoms with van der Waals surface area (Å²) in [6.07, 6.45) is 1.42. The van der Waals surface area contributed by atoms with Crippen LogP contribution in [0.3, 0.4) is 0 Å². The van der Waals surface area contributed by atoms with Gasteiger partial charge in [0, 0.05) is 6.54 Å². The van der Waals surface area contributed by atoms with Crippen LogP contribution in [0.15, 0.2) is 0 Å². The summed E-state index contributed by atoms with van der Waals surface area (Å²) in [4.78, 5) is 11.4. The van der Waals surface area contributed by atoms with Gasteiger partial charge in [0.1, 0.15) is 0 Å². The summed E-state index contributed by atoms with van der Waals surface area (Å²) in [5.74, 6) is 0.606. The maximum Gasteiger partial charge on any atom is 0.228 e. The van der Waals surface area contributed by atoms with E-state index in [1.54, 1.807) is 0 Å². The number of hydrogen-bond acceptors (Lipinski definition) is 6. The summed E-state index contributed by atoms with van der Waals surface area (Å²) in [5, 5.41) is 12.8. The maximum atomic E-state index is 9.91. The lowest BCUT2D eigenvalue weighted by atomic mass is 9.97. The van der Waals surface area contributed by atoms with Gasteiger partial charge in [-0.05, 0) is 17.5 Å². The minimum Gasteiger partial charge on any atom is -0.391 e. The lowest BCUT2D eigenvalue weighted by Crippen LogP contribution is -2.28. The van der Waals surface area contributed by atoms with Crippen LogP contribution in [0.4, 0.5) is 11.9 Å². The molecule has 0 bridgehead atoms. The third-order valence-electron chi connectivity index (χ3n) is 2.69. The Kier molecular flexibility index (Phi) is 5.37. The minimum absolute atomic E-state index is 0.0389. The monoisotopic (exact) mass is 259 g/mol. The van der Waals surface area contributed by atoms with Crippen molar-refractivity contribution in [2.24, 2.45) is 5.92 Å². The smallest absolute Gasteiger partial charge is 0.228 e. The molecule has 1 aromatic rings. The second kappa shape index (κ2) is 6.56. The number of nitrogen functional groups attached to an aromatic ring is 1. The van der Waals surface area contributed by atoms with Gasteiger partial charge in [-0.2, -0.15) is 15.0 Å². The Hall–Kier alpha value is -1.14. The molecule has 7 heteroatoms. The summed E-state index contributed by atoms with van der Waals surface area (Å²) >= 11 is 5.64. The number of aliphatic hydroxyl groups excluding tert-OH is 1. The van der Waals surface area contributed by atoms with E-state index in [-0.39, 0.29) is 23.1 Å². The van der Waals surface area contributed by atoms with Crippen LogP contribution < -0.4 is 11.1 Å². The molecule has 0 amide bonds. The van der Waals surface area contributed by atoms with Gasteiger partial charge in [0.15, 0.2) is 0 Å². The fourth-order valence-corrected chi connectivity index (χ4v) is 1.81. The molecule has 1 rings (SSSR count). The van der Waals surface area contributed by atoms with Crippen LogP contribution in [0.5, 0.6) is 0 Å². The number of aliphatic hydroxyl groups is 1. The number of rotatable bonds is 6. The molecule has 6 nitrogen and oxygen atoms in total. The zero-order chi connectivity index (χ0) is 12.8. The van der Waals surface area contributed by atoms with Gasteiger partial charge in [0.05, 0.1) is 6.10 Å². The number of halogens is 1. The van der Waals surface area contributed by atoms with E-state index in [0.29, 0.717) is 6.54 Å². The zero-order valence-corrected chi connectivity index (χ0v) is 10.8. The summed E-state index contributed by atoms with van der Waals surface area (Å²) in [6, 6.07) is 0. The highest BCUT2D eigenvalue weighted by Crippen LogP contribution is 2.14. The summed E-state index contributed by atoms with van der Waals surface area (Å²) in [5.41, 5.74) is 5.43. The molecule has 1 atom stereocenters. The first-order valence-corrected chi connectivity index (χ1v) is 6.03. The average molecular weight is 260 g/mol. The molecule has 0 aliphatic rings. The largest absolute Gasteiger partial charge is 0.391 e. The summed E-state index contributed by atoms with van der Waals surface area (Å²) in [6.45, 7) is 4.47. The number of hydrogen-bond donors (Lipinski definition) is 3. The molecule has 96 valence electrons. The second-order valence-electron chi connectivity index (χ2n) is 3.81. The molecule has 0 saturated carbocycles. The first-order chi connectivity index (χ1) is 8.06. The molecular formula is C10H18ClN5O. The van der Waals surface area contributed by atoms with Crippen molar-refractivity contribution < 1.29 is 5.11 Å². The molecule has 0 saturated heterocycles. The van der Waals surface area contributed by atoms with Crippen molar-refractivity contribution in [3.8, 4) is 0 Å². The van der Waals surface area contributed by atoms with Crippen LogP contribution in [0.25, 0.3) is 0 Å². The Morgan fingerprint density at radius 1 is 1.29 bits per heavy atom. The van der Waals surface area contributed by atoms with E-state index in [0.717, 1.165) is 12.8 Å². The Bertz CT molecular complexity index is 338. The highest BCUT2D eigenvalue weighted by atomic mass is 35.5. The van der Waals surface area contributed by atoms with Crippen LogP contribution in [0, 0.1) is 5.92 Å². The molecule has 0 aliphatic carbocycles. The Balaban J connectivity index is 2.55. The highest BCUT2D eigenvalue weighted by Gasteiger charge is 2.15. The van der Waals surface area contributed by atoms with E-state index < -0.39 is 6.10 Å². The Morgan fingerprint density at radius 2 is 1.94 bits per heavy atom. The number of aromatic nitrogens is 3. The van der Waals surface area contributed by atoms with Crippen molar-refractivity contribution in [2.45, 2.75) is 32.8 Å². The van der Waals surface area contributed by atoms with Crippen LogP contribution in [0.1, 0.15) is 26.7 Å². The number of nitrogens with one attached hydrogen (secondary N) is 1. The molecular weight excluding hydrogens is 242 g/mol. The molecule has 1 unspecified atom stereocenters. The molecule has 4 N–H and O–H groups in total. The van der Waals surface area contributed by atoms with Gasteiger partial charge in [-0.25, -0.2) is 0 Å². The van der Waals surface area contributed by atoms with Gasteiger partial charge >= 0.3 is 0 Å². The lowest BCUT2D eigenvalue weighted by molar-refractivity contribution is 0.114. The predicted molar refractivity (Wildman–Crippen MR) is 67.8 cm³/mol. The second-order valence-corrected chi connectivity index (χ2v) is 4.15. The Morgan fingerprint density at radius 3 is 2.47 bits per heavy atom. The van der Waals surface area contributed by atoms with Gasteiger partial charge in [-0.1, -0.05) is 26.7 Å². The standard InChI is InChI=1S/C10H18ClN5O/c1-3-6(4-2)7(17)5-13-10-15-8(11)14-9(12)16-10/h6-7,17H,3-5H2,1-2H3,(H3,12,13,14,15,16). The topological polar surface area (TPSA) is 97.0 Å². The summed E-state index contributed by atoms with van der Waals surface area (Å²) in [7, 11) is 0. The normalized spacial score (nSPS) is 12.8. The third-order valence-corrected chi connectivity index (χ3v) is 2.86. The van der Waals surface area contributed by atoms with Crippen molar-refractivity contribution in [1.29, 1.82) is 0 Å². The highest BCUT2D eigenvalue weighted by molar-refractivity contribution is 6.28. The molecule has 0 aliphatic heterocycles. The van der Waals surface area contributed by atoms with Crippen molar-refractivity contribution >= 4 is 23.5 Å². The molecule has 0 fully saturated rings. The predicted octanol–water partition coefficient (Wildman–Crippen LogP) is 1.32. The van der Waals surface area contributed by atoms with Crippen molar-refractivity contribution in [3.63, 3.8) is 0 Å². The SMILES string of the molecule is CCC(CC)C(O)CNc1nc(N)nc(Cl)n1. The minimum atomic E-state index is -0.443. The first kappa shape index (κ1) is 13.9. The van der Waals surface area contributed by atoms with E-state index >= 15 is 0 Å². The summed E-state index contributed by atoms with van der Waals surface area (Å²) < 4.78 is 0. The van der Waals surface area contributed by atoms with Crippen molar-refractivity contribution in [1.82, 2.24) is 15.0 Å². The Labute approximate surface area is 106 Å². The molecule has 1 aromatic heterocycles. The molecule has 1 heterocycles. The number of anilines is 2. The molecule has 0 spiro atoms. The van der Waals surface area contributed by atoms with Gasteiger partial charge in [-0.3, -0.25) is 0 Å². The van der Waals surface area contributed by atoms with E-state index in [4.69, 9.17) is 17.3 Å². The fourth-order valence-electron chi connectivity index (χ4n) is 1.64. The quantitative estimate of drug-likeness (QED) is 0.713. The average Bonchev–Trinajstić information content (AvgIpc) is 2.27. The number of nitrogens with two attached hydrogens (primary N) is 1. The van der Waals surface area contributed by atoms with E-state index in [1.807, 2.05) is 0 Å². The number of nitrogens with zero attached hydrogens (tertiary/aromatic N) is 3. The van der Waals surface area contributed by atoms with E-state index in [9.17, 15) is 5.11 Å². The van der Waals surface area contributed by atoms with Crippen LogP contribution in [-0.4, -0.2) is 32.7 Å². The lowest BCUT2D eigenvalue weighted by Gasteiger charge is -2.20. The maximum absolute atomic E-state index is 9.91. The van der Waals surface area contributed by atoms with Crippen LogP contribution in [-0.2, 0) is 0 Å². The zero-order valence-electron chi connectivity index (χ0n) is 10.0. The van der Waals surface area contributed by atoms with E-state index in [1.165, 1.54) is 0 Å². The van der Waals surface area contributed by atoms with Gasteiger partial charge in [-0.15, -0.1) is 0 Å². The molecule has 17 heavy (non-hydrogen) atoms. The third kappa shape index (κ3) is 4.32. The molecule has 0 aromatic carbocycles.